The molecule has 0 aromatic rings. The topological polar surface area (TPSA) is 118 Å². The number of carbonyl (C=O) groups is 3. The molecule has 0 atom stereocenters. The van der Waals surface area contributed by atoms with Gasteiger partial charge in [0.1, 0.15) is 0 Å². The van der Waals surface area contributed by atoms with Gasteiger partial charge in [-0.2, -0.15) is 0 Å². The Labute approximate surface area is 101 Å². The quantitative estimate of drug-likeness (QED) is 0.560. The van der Waals surface area contributed by atoms with Gasteiger partial charge in [-0.05, 0) is 12.8 Å². The summed E-state index contributed by atoms with van der Waals surface area (Å²) in [5.74, 6) is -2.08. The molecule has 0 fully saturated rings. The lowest BCUT2D eigenvalue weighted by Crippen LogP contribution is -2.09. The van der Waals surface area contributed by atoms with Crippen molar-refractivity contribution < 1.29 is 24.6 Å². The second kappa shape index (κ2) is 12.5. The van der Waals surface area contributed by atoms with Crippen LogP contribution in [-0.2, 0) is 14.4 Å². The van der Waals surface area contributed by atoms with E-state index in [1.165, 1.54) is 0 Å². The maximum absolute atomic E-state index is 10.1. The number of hydrogen-bond donors (Lipinski definition) is 3. The minimum Gasteiger partial charge on any atom is -0.481 e. The predicted octanol–water partition coefficient (Wildman–Crippen LogP) is 1.38. The van der Waals surface area contributed by atoms with E-state index in [1.807, 2.05) is 0 Å². The van der Waals surface area contributed by atoms with Crippen LogP contribution in [-0.4, -0.2) is 28.1 Å². The fourth-order valence-electron chi connectivity index (χ4n) is 0.940. The third-order valence-electron chi connectivity index (χ3n) is 1.81. The molecule has 0 saturated heterocycles. The summed E-state index contributed by atoms with van der Waals surface area (Å²) in [5.41, 5.74) is 4.89. The van der Waals surface area contributed by atoms with Crippen LogP contribution in [0.5, 0.6) is 0 Å². The van der Waals surface area contributed by atoms with Crippen LogP contribution in [0.3, 0.4) is 0 Å². The summed E-state index contributed by atoms with van der Waals surface area (Å²) in [5, 5.41) is 16.1. The molecule has 0 saturated carbocycles. The highest BCUT2D eigenvalue weighted by atomic mass is 16.4. The van der Waals surface area contributed by atoms with E-state index in [1.54, 1.807) is 0 Å². The third-order valence-corrected chi connectivity index (χ3v) is 1.81. The molecular weight excluding hydrogens is 226 g/mol. The highest BCUT2D eigenvalue weighted by Crippen LogP contribution is 1.96. The minimum atomic E-state index is -0.948. The van der Waals surface area contributed by atoms with Crippen LogP contribution >= 0.6 is 0 Å². The lowest BCUT2D eigenvalue weighted by Gasteiger charge is -1.90. The summed E-state index contributed by atoms with van der Waals surface area (Å²) in [6.07, 6.45) is 3.85. The van der Waals surface area contributed by atoms with E-state index in [4.69, 9.17) is 15.9 Å². The van der Waals surface area contributed by atoms with Gasteiger partial charge in [-0.25, -0.2) is 0 Å². The van der Waals surface area contributed by atoms with Gasteiger partial charge in [0.05, 0.1) is 0 Å². The second-order valence-electron chi connectivity index (χ2n) is 3.56. The molecule has 6 nitrogen and oxygen atoms in total. The molecule has 0 aliphatic carbocycles. The number of carbonyl (C=O) groups excluding carboxylic acids is 1. The lowest BCUT2D eigenvalue weighted by molar-refractivity contribution is -0.138. The zero-order valence-corrected chi connectivity index (χ0v) is 10.1. The molecule has 6 heteroatoms. The van der Waals surface area contributed by atoms with Crippen LogP contribution in [0.15, 0.2) is 0 Å². The lowest BCUT2D eigenvalue weighted by atomic mass is 10.2. The number of unbranched alkanes of at least 4 members (excludes halogenated alkanes) is 2. The first-order valence-corrected chi connectivity index (χ1v) is 5.62. The van der Waals surface area contributed by atoms with E-state index in [0.717, 1.165) is 19.3 Å². The first-order chi connectivity index (χ1) is 7.90. The number of carboxylic acid groups (broad SMARTS) is 2. The molecule has 0 aliphatic rings. The zero-order chi connectivity index (χ0) is 13.7. The Morgan fingerprint density at radius 2 is 1.35 bits per heavy atom. The van der Waals surface area contributed by atoms with Crippen molar-refractivity contribution in [1.29, 1.82) is 0 Å². The number of amides is 1. The SMILES string of the molecule is CCCCCC(N)=O.O=C(O)CCCC(=O)O. The molecule has 0 unspecified atom stereocenters. The minimum absolute atomic E-state index is 0.0632. The summed E-state index contributed by atoms with van der Waals surface area (Å²) in [4.78, 5) is 29.7. The maximum atomic E-state index is 10.1. The molecule has 4 N–H and O–H groups in total. The fourth-order valence-corrected chi connectivity index (χ4v) is 0.940. The van der Waals surface area contributed by atoms with Crippen molar-refractivity contribution in [3.63, 3.8) is 0 Å². The Kier molecular flexibility index (Phi) is 13.1. The van der Waals surface area contributed by atoms with Gasteiger partial charge in [0.15, 0.2) is 0 Å². The van der Waals surface area contributed by atoms with E-state index < -0.39 is 11.9 Å². The molecule has 1 amide bonds. The maximum Gasteiger partial charge on any atom is 0.303 e. The van der Waals surface area contributed by atoms with Crippen molar-refractivity contribution in [3.8, 4) is 0 Å². The van der Waals surface area contributed by atoms with E-state index in [0.29, 0.717) is 6.42 Å². The molecule has 0 aromatic heterocycles. The van der Waals surface area contributed by atoms with Crippen molar-refractivity contribution in [2.75, 3.05) is 0 Å². The Hall–Kier alpha value is -1.59. The largest absolute Gasteiger partial charge is 0.481 e. The van der Waals surface area contributed by atoms with Crippen LogP contribution in [0.1, 0.15) is 51.9 Å². The average molecular weight is 247 g/mol. The molecule has 0 bridgehead atoms. The molecular formula is C11H21NO5. The van der Waals surface area contributed by atoms with Crippen molar-refractivity contribution in [2.24, 2.45) is 5.73 Å². The predicted molar refractivity (Wildman–Crippen MR) is 62.5 cm³/mol. The first-order valence-electron chi connectivity index (χ1n) is 5.62. The number of primary amides is 1. The van der Waals surface area contributed by atoms with Gasteiger partial charge in [-0.1, -0.05) is 19.8 Å². The number of aliphatic carboxylic acids is 2. The van der Waals surface area contributed by atoms with Gasteiger partial charge >= 0.3 is 11.9 Å². The number of hydrogen-bond acceptors (Lipinski definition) is 3. The molecule has 0 heterocycles. The Morgan fingerprint density at radius 3 is 1.65 bits per heavy atom. The summed E-state index contributed by atoms with van der Waals surface area (Å²) in [6, 6.07) is 0. The summed E-state index contributed by atoms with van der Waals surface area (Å²) >= 11 is 0. The molecule has 0 spiro atoms. The van der Waals surface area contributed by atoms with Gasteiger partial charge in [0.25, 0.3) is 0 Å². The molecule has 0 aromatic carbocycles. The summed E-state index contributed by atoms with van der Waals surface area (Å²) in [6.45, 7) is 2.10. The van der Waals surface area contributed by atoms with E-state index >= 15 is 0 Å². The van der Waals surface area contributed by atoms with Gasteiger partial charge in [-0.15, -0.1) is 0 Å². The average Bonchev–Trinajstić information content (AvgIpc) is 2.17. The number of rotatable bonds is 8. The number of carboxylic acids is 2. The fraction of sp³-hybridized carbons (Fsp3) is 0.727. The van der Waals surface area contributed by atoms with E-state index in [9.17, 15) is 14.4 Å². The van der Waals surface area contributed by atoms with E-state index in [-0.39, 0.29) is 25.2 Å². The van der Waals surface area contributed by atoms with Gasteiger partial charge in [0, 0.05) is 19.3 Å². The second-order valence-corrected chi connectivity index (χ2v) is 3.56. The van der Waals surface area contributed by atoms with Crippen molar-refractivity contribution in [1.82, 2.24) is 0 Å². The van der Waals surface area contributed by atoms with Crippen molar-refractivity contribution >= 4 is 17.8 Å². The summed E-state index contributed by atoms with van der Waals surface area (Å²) in [7, 11) is 0. The third kappa shape index (κ3) is 25.1. The van der Waals surface area contributed by atoms with Gasteiger partial charge < -0.3 is 15.9 Å². The van der Waals surface area contributed by atoms with Crippen LogP contribution in [0.25, 0.3) is 0 Å². The van der Waals surface area contributed by atoms with Crippen LogP contribution in [0.4, 0.5) is 0 Å². The molecule has 100 valence electrons. The molecule has 17 heavy (non-hydrogen) atoms. The monoisotopic (exact) mass is 247 g/mol. The summed E-state index contributed by atoms with van der Waals surface area (Å²) < 4.78 is 0. The van der Waals surface area contributed by atoms with Crippen LogP contribution in [0.2, 0.25) is 0 Å². The van der Waals surface area contributed by atoms with Crippen LogP contribution < -0.4 is 5.73 Å². The first kappa shape index (κ1) is 17.8. The molecule has 0 aliphatic heterocycles. The Bertz CT molecular complexity index is 226. The smallest absolute Gasteiger partial charge is 0.303 e. The van der Waals surface area contributed by atoms with Gasteiger partial charge in [-0.3, -0.25) is 14.4 Å². The highest BCUT2D eigenvalue weighted by Gasteiger charge is 1.99. The standard InChI is InChI=1S/C6H13NO.C5H8O4/c1-2-3-4-5-6(7)8;6-4(7)2-1-3-5(8)9/h2-5H2,1H3,(H2,7,8);1-3H2,(H,6,7)(H,8,9). The zero-order valence-electron chi connectivity index (χ0n) is 10.1. The Morgan fingerprint density at radius 1 is 0.882 bits per heavy atom. The number of nitrogens with two attached hydrogens (primary N) is 1. The van der Waals surface area contributed by atoms with E-state index in [2.05, 4.69) is 6.92 Å². The molecule has 0 rings (SSSR count). The van der Waals surface area contributed by atoms with Crippen molar-refractivity contribution in [3.05, 3.63) is 0 Å². The molecule has 0 radical (unpaired) electrons. The van der Waals surface area contributed by atoms with Crippen molar-refractivity contribution in [2.45, 2.75) is 51.9 Å². The Balaban J connectivity index is 0. The normalized spacial score (nSPS) is 9.00. The van der Waals surface area contributed by atoms with Crippen LogP contribution in [0, 0.1) is 0 Å². The van der Waals surface area contributed by atoms with Gasteiger partial charge in [0.2, 0.25) is 5.91 Å². The highest BCUT2D eigenvalue weighted by molar-refractivity contribution is 5.73.